The molecular weight excluding hydrogens is 356 g/mol. The van der Waals surface area contributed by atoms with Gasteiger partial charge in [-0.25, -0.2) is 0 Å². The van der Waals surface area contributed by atoms with E-state index < -0.39 is 0 Å². The van der Waals surface area contributed by atoms with Gasteiger partial charge in [-0.1, -0.05) is 30.7 Å². The molecule has 1 amide bonds. The Labute approximate surface area is 156 Å². The second-order valence-corrected chi connectivity index (χ2v) is 7.66. The number of nitrogens with zero attached hydrogens (tertiary/aromatic N) is 2. The van der Waals surface area contributed by atoms with Crippen molar-refractivity contribution in [3.8, 4) is 11.8 Å². The van der Waals surface area contributed by atoms with E-state index in [2.05, 4.69) is 6.92 Å². The summed E-state index contributed by atoms with van der Waals surface area (Å²) in [5.74, 6) is 0.294. The van der Waals surface area contributed by atoms with Gasteiger partial charge in [-0.3, -0.25) is 4.79 Å². The number of thioether (sulfide) groups is 1. The van der Waals surface area contributed by atoms with Crippen LogP contribution in [0.4, 0.5) is 5.69 Å². The molecule has 0 N–H and O–H groups in total. The number of amides is 1. The fraction of sp³-hybridized carbons (Fsp3) is 0.263. The van der Waals surface area contributed by atoms with Crippen LogP contribution in [0.2, 0.25) is 5.02 Å². The Morgan fingerprint density at radius 1 is 1.40 bits per heavy atom. The van der Waals surface area contributed by atoms with Gasteiger partial charge in [-0.15, -0.1) is 11.8 Å². The molecule has 1 atom stereocenters. The van der Waals surface area contributed by atoms with Crippen LogP contribution in [0.25, 0.3) is 0 Å². The van der Waals surface area contributed by atoms with Crippen LogP contribution >= 0.6 is 23.4 Å². The van der Waals surface area contributed by atoms with Gasteiger partial charge in [0.25, 0.3) is 5.91 Å². The lowest BCUT2D eigenvalue weighted by atomic mass is 10.2. The summed E-state index contributed by atoms with van der Waals surface area (Å²) in [4.78, 5) is 15.6. The predicted octanol–water partition coefficient (Wildman–Crippen LogP) is 4.51. The summed E-state index contributed by atoms with van der Waals surface area (Å²) < 4.78 is 5.59. The Balaban J connectivity index is 1.74. The number of carbonyl (C=O) groups excluding carboxylic acids is 1. The average molecular weight is 373 g/mol. The van der Waals surface area contributed by atoms with Crippen LogP contribution in [0.3, 0.4) is 0 Å². The molecule has 0 bridgehead atoms. The Kier molecular flexibility index (Phi) is 5.52. The van der Waals surface area contributed by atoms with Crippen molar-refractivity contribution in [3.63, 3.8) is 0 Å². The number of anilines is 1. The maximum absolute atomic E-state index is 12.7. The number of carbonyl (C=O) groups is 1. The van der Waals surface area contributed by atoms with Gasteiger partial charge in [-0.05, 0) is 36.8 Å². The van der Waals surface area contributed by atoms with Gasteiger partial charge in [0.1, 0.15) is 5.75 Å². The third-order valence-corrected chi connectivity index (χ3v) is 5.49. The molecule has 128 valence electrons. The standard InChI is InChI=1S/C19H17ClN2O2S/c1-13-8-9-22(16-4-2-3-5-18(16)25-13)19(23)12-24-17-7-6-14(11-21)10-15(17)20/h2-7,10,13H,8-9,12H2,1H3/t13-/m1/s1. The summed E-state index contributed by atoms with van der Waals surface area (Å²) >= 11 is 7.89. The number of nitriles is 1. The summed E-state index contributed by atoms with van der Waals surface area (Å²) in [5, 5.41) is 9.65. The maximum atomic E-state index is 12.7. The van der Waals surface area contributed by atoms with E-state index in [1.807, 2.05) is 30.3 Å². The highest BCUT2D eigenvalue weighted by atomic mass is 35.5. The maximum Gasteiger partial charge on any atom is 0.264 e. The molecule has 0 saturated carbocycles. The number of halogens is 1. The van der Waals surface area contributed by atoms with Crippen molar-refractivity contribution in [1.82, 2.24) is 0 Å². The first kappa shape index (κ1) is 17.7. The molecule has 2 aromatic carbocycles. The van der Waals surface area contributed by atoms with Crippen LogP contribution in [-0.4, -0.2) is 24.3 Å². The molecule has 0 aromatic heterocycles. The second-order valence-electron chi connectivity index (χ2n) is 5.78. The molecule has 6 heteroatoms. The molecule has 0 unspecified atom stereocenters. The molecule has 25 heavy (non-hydrogen) atoms. The number of hydrogen-bond donors (Lipinski definition) is 0. The van der Waals surface area contributed by atoms with E-state index >= 15 is 0 Å². The summed E-state index contributed by atoms with van der Waals surface area (Å²) in [6.45, 7) is 2.73. The van der Waals surface area contributed by atoms with Gasteiger partial charge in [0.15, 0.2) is 6.61 Å². The van der Waals surface area contributed by atoms with E-state index in [9.17, 15) is 4.79 Å². The van der Waals surface area contributed by atoms with Gasteiger partial charge in [0.2, 0.25) is 0 Å². The fourth-order valence-corrected chi connectivity index (χ4v) is 4.00. The van der Waals surface area contributed by atoms with Crippen molar-refractivity contribution < 1.29 is 9.53 Å². The summed E-state index contributed by atoms with van der Waals surface area (Å²) in [6, 6.07) is 14.7. The van der Waals surface area contributed by atoms with Crippen molar-refractivity contribution in [2.75, 3.05) is 18.1 Å². The highest BCUT2D eigenvalue weighted by Crippen LogP contribution is 2.37. The Morgan fingerprint density at radius 2 is 2.20 bits per heavy atom. The number of ether oxygens (including phenoxy) is 1. The first-order valence-electron chi connectivity index (χ1n) is 7.97. The minimum absolute atomic E-state index is 0.0982. The number of hydrogen-bond acceptors (Lipinski definition) is 4. The zero-order valence-corrected chi connectivity index (χ0v) is 15.3. The smallest absolute Gasteiger partial charge is 0.264 e. The molecule has 4 nitrogen and oxygen atoms in total. The Bertz CT molecular complexity index is 834. The minimum atomic E-state index is -0.109. The third-order valence-electron chi connectivity index (χ3n) is 3.96. The van der Waals surface area contributed by atoms with E-state index in [0.717, 1.165) is 17.0 Å². The van der Waals surface area contributed by atoms with Crippen molar-refractivity contribution >= 4 is 35.0 Å². The predicted molar refractivity (Wildman–Crippen MR) is 100 cm³/mol. The van der Waals surface area contributed by atoms with Gasteiger partial charge >= 0.3 is 0 Å². The van der Waals surface area contributed by atoms with Crippen LogP contribution in [0, 0.1) is 11.3 Å². The molecule has 2 aromatic rings. The fourth-order valence-electron chi connectivity index (χ4n) is 2.65. The van der Waals surface area contributed by atoms with Crippen molar-refractivity contribution in [2.45, 2.75) is 23.5 Å². The van der Waals surface area contributed by atoms with Gasteiger partial charge in [0.05, 0.1) is 22.3 Å². The largest absolute Gasteiger partial charge is 0.482 e. The monoisotopic (exact) mass is 372 g/mol. The normalized spacial score (nSPS) is 16.5. The van der Waals surface area contributed by atoms with Crippen molar-refractivity contribution in [1.29, 1.82) is 5.26 Å². The quantitative estimate of drug-likeness (QED) is 0.795. The summed E-state index contributed by atoms with van der Waals surface area (Å²) in [5.41, 5.74) is 1.38. The van der Waals surface area contributed by atoms with Crippen LogP contribution in [0.15, 0.2) is 47.4 Å². The number of rotatable bonds is 3. The average Bonchev–Trinajstić information content (AvgIpc) is 2.78. The number of para-hydroxylation sites is 1. The second kappa shape index (κ2) is 7.81. The molecule has 0 radical (unpaired) electrons. The Morgan fingerprint density at radius 3 is 2.96 bits per heavy atom. The highest BCUT2D eigenvalue weighted by molar-refractivity contribution is 8.00. The molecular formula is C19H17ClN2O2S. The first-order chi connectivity index (χ1) is 12.1. The number of benzene rings is 2. The molecule has 0 fully saturated rings. The van der Waals surface area contributed by atoms with E-state index in [1.165, 1.54) is 6.07 Å². The van der Waals surface area contributed by atoms with Crippen LogP contribution in [0.5, 0.6) is 5.75 Å². The zero-order valence-electron chi connectivity index (χ0n) is 13.7. The van der Waals surface area contributed by atoms with Crippen LogP contribution < -0.4 is 9.64 Å². The van der Waals surface area contributed by atoms with Gasteiger partial charge in [0, 0.05) is 16.7 Å². The molecule has 1 aliphatic heterocycles. The van der Waals surface area contributed by atoms with Crippen molar-refractivity contribution in [2.24, 2.45) is 0 Å². The lowest BCUT2D eigenvalue weighted by Crippen LogP contribution is -2.36. The molecule has 0 spiro atoms. The first-order valence-corrected chi connectivity index (χ1v) is 9.22. The zero-order chi connectivity index (χ0) is 17.8. The van der Waals surface area contributed by atoms with E-state index in [0.29, 0.717) is 28.1 Å². The SMILES string of the molecule is C[C@@H]1CCN(C(=O)COc2ccc(C#N)cc2Cl)c2ccccc2S1. The van der Waals surface area contributed by atoms with Crippen LogP contribution in [0.1, 0.15) is 18.9 Å². The molecule has 0 saturated heterocycles. The van der Waals surface area contributed by atoms with E-state index in [1.54, 1.807) is 28.8 Å². The third kappa shape index (κ3) is 4.09. The highest BCUT2D eigenvalue weighted by Gasteiger charge is 2.24. The Hall–Kier alpha value is -2.16. The van der Waals surface area contributed by atoms with Crippen LogP contribution in [-0.2, 0) is 4.79 Å². The molecule has 0 aliphatic carbocycles. The summed E-state index contributed by atoms with van der Waals surface area (Å²) in [6.07, 6.45) is 0.919. The lowest BCUT2D eigenvalue weighted by Gasteiger charge is -2.22. The minimum Gasteiger partial charge on any atom is -0.482 e. The molecule has 1 heterocycles. The number of fused-ring (bicyclic) bond motifs is 1. The van der Waals surface area contributed by atoms with Crippen molar-refractivity contribution in [3.05, 3.63) is 53.1 Å². The van der Waals surface area contributed by atoms with Gasteiger partial charge in [-0.2, -0.15) is 5.26 Å². The molecule has 3 rings (SSSR count). The summed E-state index contributed by atoms with van der Waals surface area (Å²) in [7, 11) is 0. The lowest BCUT2D eigenvalue weighted by molar-refractivity contribution is -0.120. The topological polar surface area (TPSA) is 53.3 Å². The van der Waals surface area contributed by atoms with E-state index in [-0.39, 0.29) is 12.5 Å². The van der Waals surface area contributed by atoms with E-state index in [4.69, 9.17) is 21.6 Å². The molecule has 1 aliphatic rings. The van der Waals surface area contributed by atoms with Gasteiger partial charge < -0.3 is 9.64 Å².